The molecule has 283 valence electrons. The molecule has 0 aliphatic carbocycles. The van der Waals surface area contributed by atoms with Crippen LogP contribution < -0.4 is 57.9 Å². The van der Waals surface area contributed by atoms with E-state index in [4.69, 9.17) is 3.25 Å². The van der Waals surface area contributed by atoms with Crippen LogP contribution in [0.2, 0.25) is 0 Å². The number of anilines is 4. The summed E-state index contributed by atoms with van der Waals surface area (Å²) in [5, 5.41) is 0. The summed E-state index contributed by atoms with van der Waals surface area (Å²) in [6.45, 7) is 3.54. The SMILES string of the molecule is CN1[CH-]N(C)c2c1c(=O)n(C)c(=O)n2C.CN1[CH-]N(C)c2c1c(=O)n(C)c(=O)n2C.Cn1c(=O)c2c(n(C)c1=O)[n+](C)cn2C.[Ag].[Ag].[O]=[Ag]. The van der Waals surface area contributed by atoms with Gasteiger partial charge in [-0.3, -0.25) is 37.2 Å². The number of fused-ring (bicyclic) bond motifs is 3. The van der Waals surface area contributed by atoms with Gasteiger partial charge in [-0.15, -0.1) is 0 Å². The van der Waals surface area contributed by atoms with Gasteiger partial charge in [0.2, 0.25) is 5.52 Å². The van der Waals surface area contributed by atoms with Crippen molar-refractivity contribution in [2.75, 3.05) is 47.8 Å². The van der Waals surface area contributed by atoms with Crippen LogP contribution in [0.4, 0.5) is 23.0 Å². The van der Waals surface area contributed by atoms with Gasteiger partial charge in [0.15, 0.2) is 6.33 Å². The van der Waals surface area contributed by atoms with E-state index in [1.54, 1.807) is 133 Å². The van der Waals surface area contributed by atoms with Gasteiger partial charge in [0.1, 0.15) is 23.0 Å². The molecule has 22 heteroatoms. The monoisotopic (exact) mass is 964 g/mol. The second kappa shape index (κ2) is 16.6. The maximum absolute atomic E-state index is 11.9. The molecule has 0 amide bonds. The fourth-order valence-corrected chi connectivity index (χ4v) is 5.70. The van der Waals surface area contributed by atoms with Crippen LogP contribution in [-0.2, 0) is 125 Å². The van der Waals surface area contributed by atoms with E-state index < -0.39 is 0 Å². The van der Waals surface area contributed by atoms with Crippen LogP contribution in [-0.4, -0.2) is 60.2 Å². The Labute approximate surface area is 324 Å². The minimum atomic E-state index is -0.311. The van der Waals surface area contributed by atoms with Crippen molar-refractivity contribution >= 4 is 34.2 Å². The molecule has 0 aromatic carbocycles. The molecule has 4 aromatic heterocycles. The van der Waals surface area contributed by atoms with E-state index >= 15 is 0 Å². The van der Waals surface area contributed by atoms with Gasteiger partial charge in [-0.1, -0.05) is 0 Å². The summed E-state index contributed by atoms with van der Waals surface area (Å²) >= 11 is 1.70. The average Bonchev–Trinajstić information content (AvgIpc) is 3.63. The van der Waals surface area contributed by atoms with E-state index in [9.17, 15) is 28.8 Å². The van der Waals surface area contributed by atoms with Gasteiger partial charge in [0.05, 0.1) is 21.1 Å². The maximum atomic E-state index is 11.9. The van der Waals surface area contributed by atoms with Crippen LogP contribution in [0.15, 0.2) is 35.1 Å². The standard InChI is InChI=1S/3C9H13N4O2.3Ag.O/c3*1-10-5-11(2)7-6(10)8(14)13(4)9(15)12(7)3;;;;/h3*5H,1-4H3;;;;/q2*-1;+1;;;;. The van der Waals surface area contributed by atoms with Crippen molar-refractivity contribution in [3.63, 3.8) is 0 Å². The Bertz CT molecular complexity index is 2150. The van der Waals surface area contributed by atoms with Gasteiger partial charge in [-0.2, -0.15) is 13.3 Å². The van der Waals surface area contributed by atoms with Crippen molar-refractivity contribution in [3.05, 3.63) is 82.2 Å². The number of aryl methyl sites for hydroxylation is 3. The molecule has 2 radical (unpaired) electrons. The quantitative estimate of drug-likeness (QED) is 0.0973. The Kier molecular flexibility index (Phi) is 14.8. The summed E-state index contributed by atoms with van der Waals surface area (Å²) in [5.41, 5.74) is 0.485. The molecule has 4 aromatic rings. The summed E-state index contributed by atoms with van der Waals surface area (Å²) in [6, 6.07) is 0. The van der Waals surface area contributed by atoms with Crippen molar-refractivity contribution in [1.82, 2.24) is 32.0 Å². The number of hydrogen-bond acceptors (Lipinski definition) is 11. The van der Waals surface area contributed by atoms with E-state index in [-0.39, 0.29) is 78.5 Å². The Morgan fingerprint density at radius 2 is 0.837 bits per heavy atom. The van der Waals surface area contributed by atoms with Crippen LogP contribution >= 0.6 is 0 Å². The second-order valence-corrected chi connectivity index (χ2v) is 11.1. The van der Waals surface area contributed by atoms with Gasteiger partial charge in [0.25, 0.3) is 16.8 Å². The Morgan fingerprint density at radius 1 is 0.510 bits per heavy atom. The number of nitrogens with zero attached hydrogens (tertiary/aromatic N) is 12. The van der Waals surface area contributed by atoms with Crippen molar-refractivity contribution in [2.24, 2.45) is 56.4 Å². The van der Waals surface area contributed by atoms with E-state index in [1.807, 2.05) is 0 Å². The van der Waals surface area contributed by atoms with Crippen molar-refractivity contribution in [3.8, 4) is 0 Å². The minimum absolute atomic E-state index is 0. The van der Waals surface area contributed by atoms with Crippen LogP contribution in [0.1, 0.15) is 0 Å². The molecule has 2 aliphatic heterocycles. The molecule has 6 rings (SSSR count). The number of rotatable bonds is 0. The summed E-state index contributed by atoms with van der Waals surface area (Å²) in [6.07, 6.45) is 1.77. The Balaban J connectivity index is 0.000000351. The van der Waals surface area contributed by atoms with Crippen LogP contribution in [0.25, 0.3) is 11.2 Å². The molecule has 0 spiro atoms. The van der Waals surface area contributed by atoms with Crippen molar-refractivity contribution in [2.45, 2.75) is 0 Å². The fourth-order valence-electron chi connectivity index (χ4n) is 5.70. The first-order chi connectivity index (χ1) is 21.8. The van der Waals surface area contributed by atoms with Crippen molar-refractivity contribution < 1.29 is 73.6 Å². The third kappa shape index (κ3) is 7.45. The first-order valence-corrected chi connectivity index (χ1v) is 14.4. The normalized spacial score (nSPS) is 12.5. The molecule has 0 N–H and O–H groups in total. The second-order valence-electron chi connectivity index (χ2n) is 11.1. The van der Waals surface area contributed by atoms with Gasteiger partial charge in [0, 0.05) is 80.0 Å². The predicted molar refractivity (Wildman–Crippen MR) is 171 cm³/mol. The number of imidazole rings is 1. The molecule has 6 heterocycles. The molecule has 19 nitrogen and oxygen atoms in total. The molecular formula is C27H39Ag3N12O7-. The number of aromatic nitrogens is 8. The third-order valence-electron chi connectivity index (χ3n) is 7.93. The first kappa shape index (κ1) is 43.8. The molecule has 0 unspecified atom stereocenters. The zero-order valence-corrected chi connectivity index (χ0v) is 33.3. The van der Waals surface area contributed by atoms with Crippen LogP contribution in [0, 0.1) is 13.3 Å². The van der Waals surface area contributed by atoms with Gasteiger partial charge in [-0.05, 0) is 28.2 Å². The Morgan fingerprint density at radius 3 is 1.20 bits per heavy atom. The van der Waals surface area contributed by atoms with Gasteiger partial charge >= 0.3 is 46.9 Å². The van der Waals surface area contributed by atoms with Gasteiger partial charge < -0.3 is 19.6 Å². The topological polar surface area (TPSA) is 171 Å². The van der Waals surface area contributed by atoms with E-state index in [1.165, 1.54) is 34.8 Å². The average molecular weight is 967 g/mol. The molecule has 2 aliphatic rings. The van der Waals surface area contributed by atoms with E-state index in [2.05, 4.69) is 0 Å². The molecule has 0 saturated carbocycles. The zero-order chi connectivity index (χ0) is 36.0. The molecular weight excluding hydrogens is 928 g/mol. The first-order valence-electron chi connectivity index (χ1n) is 13.8. The summed E-state index contributed by atoms with van der Waals surface area (Å²) in [4.78, 5) is 77.5. The molecule has 0 fully saturated rings. The molecule has 0 saturated heterocycles. The fraction of sp³-hybridized carbons (Fsp3) is 0.444. The predicted octanol–water partition coefficient (Wildman–Crippen LogP) is -3.55. The van der Waals surface area contributed by atoms with E-state index in [0.29, 0.717) is 34.2 Å². The summed E-state index contributed by atoms with van der Waals surface area (Å²) in [7, 11) is 20.2. The third-order valence-corrected chi connectivity index (χ3v) is 7.93. The molecule has 49 heavy (non-hydrogen) atoms. The zero-order valence-electron chi connectivity index (χ0n) is 28.9. The molecule has 0 bridgehead atoms. The van der Waals surface area contributed by atoms with Crippen LogP contribution in [0.5, 0.6) is 0 Å². The summed E-state index contributed by atoms with van der Waals surface area (Å²) < 4.78 is 19.3. The number of hydrogen-bond donors (Lipinski definition) is 0. The van der Waals surface area contributed by atoms with Crippen LogP contribution in [0.3, 0.4) is 0 Å². The van der Waals surface area contributed by atoms with Crippen molar-refractivity contribution in [1.29, 1.82) is 0 Å². The summed E-state index contributed by atoms with van der Waals surface area (Å²) in [5.74, 6) is 1.26. The Hall–Kier alpha value is -3.27. The molecule has 0 atom stereocenters. The van der Waals surface area contributed by atoms with Gasteiger partial charge in [-0.25, -0.2) is 28.1 Å². The van der Waals surface area contributed by atoms with E-state index in [0.717, 1.165) is 13.7 Å².